The molecule has 0 unspecified atom stereocenters. The number of hydrogen-bond donors (Lipinski definition) is 1. The quantitative estimate of drug-likeness (QED) is 0.489. The van der Waals surface area contributed by atoms with Crippen LogP contribution in [-0.4, -0.2) is 50.1 Å². The van der Waals surface area contributed by atoms with Gasteiger partial charge in [0, 0.05) is 17.9 Å². The second-order valence-corrected chi connectivity index (χ2v) is 7.19. The van der Waals surface area contributed by atoms with Gasteiger partial charge >= 0.3 is 5.97 Å². The van der Waals surface area contributed by atoms with Gasteiger partial charge in [0.2, 0.25) is 0 Å². The minimum absolute atomic E-state index is 0.162. The molecule has 0 bridgehead atoms. The van der Waals surface area contributed by atoms with Crippen LogP contribution in [0.3, 0.4) is 0 Å². The van der Waals surface area contributed by atoms with E-state index in [0.29, 0.717) is 35.0 Å². The van der Waals surface area contributed by atoms with Crippen molar-refractivity contribution in [1.82, 2.24) is 4.90 Å². The molecule has 0 aromatic heterocycles. The summed E-state index contributed by atoms with van der Waals surface area (Å²) in [6.07, 6.45) is 1.65. The van der Waals surface area contributed by atoms with E-state index in [1.165, 1.54) is 12.0 Å². The molecule has 0 aliphatic carbocycles. The fourth-order valence-corrected chi connectivity index (χ4v) is 3.46. The monoisotopic (exact) mass is 450 g/mol. The van der Waals surface area contributed by atoms with Crippen molar-refractivity contribution >= 4 is 29.5 Å². The van der Waals surface area contributed by atoms with Crippen molar-refractivity contribution in [3.05, 3.63) is 70.9 Å². The molecular weight excluding hydrogens is 424 g/mol. The van der Waals surface area contributed by atoms with Crippen LogP contribution in [0.25, 0.3) is 6.08 Å². The van der Waals surface area contributed by atoms with Crippen LogP contribution in [0.2, 0.25) is 0 Å². The average molecular weight is 450 g/mol. The van der Waals surface area contributed by atoms with Gasteiger partial charge in [-0.05, 0) is 61.9 Å². The van der Waals surface area contributed by atoms with Gasteiger partial charge in [-0.1, -0.05) is 12.1 Å². The standard InChI is InChI=1S/C25H26N2O6/c1-5-27-16(2)23(25(30)32-4)21(24(27)29)14-17-6-10-20(11-7-17)33-15-22(28)26-18-8-12-19(31-3)13-9-18/h6-14H,5,15H2,1-4H3,(H,26,28)/b21-14-. The van der Waals surface area contributed by atoms with Crippen molar-refractivity contribution in [2.24, 2.45) is 0 Å². The van der Waals surface area contributed by atoms with Gasteiger partial charge in [-0.15, -0.1) is 0 Å². The number of allylic oxidation sites excluding steroid dienone is 1. The van der Waals surface area contributed by atoms with Gasteiger partial charge < -0.3 is 24.4 Å². The average Bonchev–Trinajstić information content (AvgIpc) is 3.07. The number of hydrogen-bond acceptors (Lipinski definition) is 6. The number of rotatable bonds is 8. The normalized spacial score (nSPS) is 14.5. The summed E-state index contributed by atoms with van der Waals surface area (Å²) in [7, 11) is 2.86. The first kappa shape index (κ1) is 23.6. The van der Waals surface area contributed by atoms with Crippen molar-refractivity contribution in [2.45, 2.75) is 13.8 Å². The molecule has 8 nitrogen and oxygen atoms in total. The summed E-state index contributed by atoms with van der Waals surface area (Å²) < 4.78 is 15.5. The lowest BCUT2D eigenvalue weighted by Crippen LogP contribution is -2.24. The number of carbonyl (C=O) groups excluding carboxylic acids is 3. The lowest BCUT2D eigenvalue weighted by Gasteiger charge is -2.14. The molecule has 2 amide bonds. The number of esters is 1. The first-order chi connectivity index (χ1) is 15.9. The highest BCUT2D eigenvalue weighted by molar-refractivity contribution is 6.16. The molecule has 1 aliphatic heterocycles. The molecule has 3 rings (SSSR count). The Balaban J connectivity index is 1.65. The predicted octanol–water partition coefficient (Wildman–Crippen LogP) is 3.41. The van der Waals surface area contributed by atoms with Gasteiger partial charge in [0.05, 0.1) is 25.4 Å². The molecule has 1 aliphatic rings. The second-order valence-electron chi connectivity index (χ2n) is 7.19. The number of carbonyl (C=O) groups is 3. The van der Waals surface area contributed by atoms with Gasteiger partial charge in [0.1, 0.15) is 11.5 Å². The number of amides is 2. The van der Waals surface area contributed by atoms with Crippen molar-refractivity contribution in [3.8, 4) is 11.5 Å². The largest absolute Gasteiger partial charge is 0.497 e. The number of benzene rings is 2. The minimum atomic E-state index is -0.550. The van der Waals surface area contributed by atoms with Crippen LogP contribution >= 0.6 is 0 Å². The second kappa shape index (κ2) is 10.5. The summed E-state index contributed by atoms with van der Waals surface area (Å²) >= 11 is 0. The molecule has 0 saturated heterocycles. The summed E-state index contributed by atoms with van der Waals surface area (Å²) in [6.45, 7) is 3.86. The molecule has 33 heavy (non-hydrogen) atoms. The molecule has 0 spiro atoms. The maximum atomic E-state index is 12.7. The van der Waals surface area contributed by atoms with Crippen LogP contribution in [0.5, 0.6) is 11.5 Å². The fraction of sp³-hybridized carbons (Fsp3) is 0.240. The Morgan fingerprint density at radius 1 is 1.00 bits per heavy atom. The van der Waals surface area contributed by atoms with Crippen molar-refractivity contribution in [3.63, 3.8) is 0 Å². The van der Waals surface area contributed by atoms with E-state index in [9.17, 15) is 14.4 Å². The van der Waals surface area contributed by atoms with E-state index in [0.717, 1.165) is 0 Å². The van der Waals surface area contributed by atoms with E-state index < -0.39 is 5.97 Å². The Bertz CT molecular complexity index is 1100. The molecule has 172 valence electrons. The zero-order valence-corrected chi connectivity index (χ0v) is 19.0. The van der Waals surface area contributed by atoms with Gasteiger partial charge in [-0.25, -0.2) is 4.79 Å². The van der Waals surface area contributed by atoms with Gasteiger partial charge in [0.15, 0.2) is 6.61 Å². The third-order valence-corrected chi connectivity index (χ3v) is 5.15. The zero-order chi connectivity index (χ0) is 24.0. The van der Waals surface area contributed by atoms with E-state index >= 15 is 0 Å². The Kier molecular flexibility index (Phi) is 7.50. The van der Waals surface area contributed by atoms with E-state index in [4.69, 9.17) is 14.2 Å². The molecule has 0 radical (unpaired) electrons. The molecule has 1 heterocycles. The van der Waals surface area contributed by atoms with Gasteiger partial charge in [0.25, 0.3) is 11.8 Å². The summed E-state index contributed by atoms with van der Waals surface area (Å²) in [5, 5.41) is 2.74. The third kappa shape index (κ3) is 5.41. The molecule has 0 fully saturated rings. The molecule has 2 aromatic rings. The predicted molar refractivity (Wildman–Crippen MR) is 124 cm³/mol. The number of methoxy groups -OCH3 is 2. The van der Waals surface area contributed by atoms with Crippen LogP contribution in [0.1, 0.15) is 19.4 Å². The minimum Gasteiger partial charge on any atom is -0.497 e. The summed E-state index contributed by atoms with van der Waals surface area (Å²) in [6, 6.07) is 13.9. The SMILES string of the molecule is CCN1C(=O)/C(=C\c2ccc(OCC(=O)Nc3ccc(OC)cc3)cc2)C(C(=O)OC)=C1C. The maximum Gasteiger partial charge on any atom is 0.340 e. The highest BCUT2D eigenvalue weighted by Gasteiger charge is 2.36. The maximum absolute atomic E-state index is 12.7. The van der Waals surface area contributed by atoms with Gasteiger partial charge in [-0.3, -0.25) is 9.59 Å². The lowest BCUT2D eigenvalue weighted by atomic mass is 10.0. The van der Waals surface area contributed by atoms with E-state index in [1.807, 2.05) is 6.92 Å². The molecule has 0 saturated carbocycles. The van der Waals surface area contributed by atoms with E-state index in [-0.39, 0.29) is 29.6 Å². The number of nitrogens with zero attached hydrogens (tertiary/aromatic N) is 1. The number of anilines is 1. The summed E-state index contributed by atoms with van der Waals surface area (Å²) in [5.74, 6) is 0.1000. The highest BCUT2D eigenvalue weighted by atomic mass is 16.5. The van der Waals surface area contributed by atoms with Crippen LogP contribution in [0, 0.1) is 0 Å². The number of likely N-dealkylation sites (N-methyl/N-ethyl adjacent to an activating group) is 1. The van der Waals surface area contributed by atoms with E-state index in [1.54, 1.807) is 68.6 Å². The van der Waals surface area contributed by atoms with Crippen molar-refractivity contribution in [2.75, 3.05) is 32.7 Å². The summed E-state index contributed by atoms with van der Waals surface area (Å²) in [5.41, 5.74) is 2.47. The lowest BCUT2D eigenvalue weighted by molar-refractivity contribution is -0.136. The number of nitrogens with one attached hydrogen (secondary N) is 1. The van der Waals surface area contributed by atoms with Crippen molar-refractivity contribution < 1.29 is 28.6 Å². The van der Waals surface area contributed by atoms with Crippen LogP contribution in [0.4, 0.5) is 5.69 Å². The Hall–Kier alpha value is -4.07. The van der Waals surface area contributed by atoms with Crippen molar-refractivity contribution in [1.29, 1.82) is 0 Å². The molecule has 8 heteroatoms. The molecule has 2 aromatic carbocycles. The highest BCUT2D eigenvalue weighted by Crippen LogP contribution is 2.31. The molecule has 0 atom stereocenters. The Labute approximate surface area is 192 Å². The Morgan fingerprint density at radius 3 is 2.21 bits per heavy atom. The summed E-state index contributed by atoms with van der Waals surface area (Å²) in [4.78, 5) is 38.6. The first-order valence-corrected chi connectivity index (χ1v) is 10.4. The van der Waals surface area contributed by atoms with Crippen LogP contribution in [0.15, 0.2) is 65.4 Å². The first-order valence-electron chi connectivity index (χ1n) is 10.4. The third-order valence-electron chi connectivity index (χ3n) is 5.15. The fourth-order valence-electron chi connectivity index (χ4n) is 3.46. The molecular formula is C25H26N2O6. The smallest absolute Gasteiger partial charge is 0.340 e. The molecule has 1 N–H and O–H groups in total. The van der Waals surface area contributed by atoms with Crippen LogP contribution < -0.4 is 14.8 Å². The number of ether oxygens (including phenoxy) is 3. The van der Waals surface area contributed by atoms with Gasteiger partial charge in [-0.2, -0.15) is 0 Å². The topological polar surface area (TPSA) is 94.2 Å². The zero-order valence-electron chi connectivity index (χ0n) is 19.0. The van der Waals surface area contributed by atoms with E-state index in [2.05, 4.69) is 5.32 Å². The Morgan fingerprint density at radius 2 is 1.64 bits per heavy atom. The van der Waals surface area contributed by atoms with Crippen LogP contribution in [-0.2, 0) is 19.1 Å².